The molecule has 0 fully saturated rings. The third-order valence-electron chi connectivity index (χ3n) is 3.70. The smallest absolute Gasteiger partial charge is 0.216 e. The number of hydrogen-bond donors (Lipinski definition) is 2. The normalized spacial score (nSPS) is 11.9. The molecule has 3 rings (SSSR count). The van der Waals surface area contributed by atoms with E-state index in [9.17, 15) is 8.42 Å². The topological polar surface area (TPSA) is 62.0 Å². The lowest BCUT2D eigenvalue weighted by atomic mass is 10.1. The first-order chi connectivity index (χ1) is 10.6. The molecule has 0 amide bonds. The molecule has 0 unspecified atom stereocenters. The van der Waals surface area contributed by atoms with Crippen molar-refractivity contribution in [1.82, 2.24) is 9.71 Å². The highest BCUT2D eigenvalue weighted by Gasteiger charge is 2.14. The highest BCUT2D eigenvalue weighted by molar-refractivity contribution is 7.88. The summed E-state index contributed by atoms with van der Waals surface area (Å²) < 4.78 is 27.1. The number of para-hydroxylation sites is 1. The maximum absolute atomic E-state index is 12.2. The maximum Gasteiger partial charge on any atom is 0.216 e. The predicted octanol–water partition coefficient (Wildman–Crippen LogP) is 3.10. The Kier molecular flexibility index (Phi) is 4.00. The van der Waals surface area contributed by atoms with Crippen LogP contribution in [0.1, 0.15) is 16.8 Å². The minimum Gasteiger partial charge on any atom is -0.358 e. The molecular formula is C17H18N2O2S. The minimum atomic E-state index is -3.36. The molecule has 2 N–H and O–H groups in total. The van der Waals surface area contributed by atoms with E-state index in [0.29, 0.717) is 6.54 Å². The second-order valence-electron chi connectivity index (χ2n) is 5.34. The number of aryl methyl sites for hydroxylation is 1. The molecule has 2 aromatic carbocycles. The Morgan fingerprint density at radius 3 is 2.45 bits per heavy atom. The van der Waals surface area contributed by atoms with E-state index < -0.39 is 10.0 Å². The zero-order valence-corrected chi connectivity index (χ0v) is 13.2. The summed E-state index contributed by atoms with van der Waals surface area (Å²) in [7, 11) is -3.36. The van der Waals surface area contributed by atoms with Gasteiger partial charge in [-0.05, 0) is 24.1 Å². The van der Waals surface area contributed by atoms with Crippen molar-refractivity contribution in [2.75, 3.05) is 0 Å². The molecule has 4 nitrogen and oxygen atoms in total. The zero-order chi connectivity index (χ0) is 15.6. The van der Waals surface area contributed by atoms with Crippen molar-refractivity contribution in [1.29, 1.82) is 0 Å². The summed E-state index contributed by atoms with van der Waals surface area (Å²) in [6.45, 7) is 2.26. The van der Waals surface area contributed by atoms with Gasteiger partial charge in [0.15, 0.2) is 0 Å². The van der Waals surface area contributed by atoms with Gasteiger partial charge in [0.2, 0.25) is 10.0 Å². The molecule has 0 saturated carbocycles. The van der Waals surface area contributed by atoms with E-state index in [2.05, 4.69) is 9.71 Å². The molecular weight excluding hydrogens is 296 g/mol. The number of hydrogen-bond acceptors (Lipinski definition) is 2. The van der Waals surface area contributed by atoms with Crippen LogP contribution in [-0.4, -0.2) is 13.4 Å². The van der Waals surface area contributed by atoms with E-state index in [1.54, 1.807) is 0 Å². The number of aromatic amines is 1. The highest BCUT2D eigenvalue weighted by Crippen LogP contribution is 2.21. The molecule has 0 spiro atoms. The Bertz CT molecular complexity index is 883. The van der Waals surface area contributed by atoms with E-state index in [0.717, 1.165) is 27.7 Å². The van der Waals surface area contributed by atoms with E-state index >= 15 is 0 Å². The molecule has 1 aromatic heterocycles. The molecule has 0 aliphatic rings. The van der Waals surface area contributed by atoms with Crippen LogP contribution in [0.3, 0.4) is 0 Å². The van der Waals surface area contributed by atoms with Gasteiger partial charge in [0, 0.05) is 23.1 Å². The zero-order valence-electron chi connectivity index (χ0n) is 12.3. The van der Waals surface area contributed by atoms with E-state index in [1.165, 1.54) is 0 Å². The molecule has 0 aliphatic heterocycles. The van der Waals surface area contributed by atoms with Crippen molar-refractivity contribution >= 4 is 20.9 Å². The molecule has 0 saturated heterocycles. The van der Waals surface area contributed by atoms with E-state index in [4.69, 9.17) is 0 Å². The summed E-state index contributed by atoms with van der Waals surface area (Å²) in [5.74, 6) is -0.00472. The third-order valence-corrected chi connectivity index (χ3v) is 4.99. The summed E-state index contributed by atoms with van der Waals surface area (Å²) in [5.41, 5.74) is 3.79. The number of fused-ring (bicyclic) bond motifs is 1. The molecule has 5 heteroatoms. The summed E-state index contributed by atoms with van der Waals surface area (Å²) >= 11 is 0. The van der Waals surface area contributed by atoms with Gasteiger partial charge in [-0.2, -0.15) is 0 Å². The molecule has 22 heavy (non-hydrogen) atoms. The van der Waals surface area contributed by atoms with E-state index in [-0.39, 0.29) is 5.75 Å². The number of aromatic nitrogens is 1. The van der Waals surface area contributed by atoms with Gasteiger partial charge in [0.1, 0.15) is 0 Å². The van der Waals surface area contributed by atoms with Crippen molar-refractivity contribution < 1.29 is 8.42 Å². The number of nitrogens with one attached hydrogen (secondary N) is 2. The Morgan fingerprint density at radius 1 is 1.00 bits per heavy atom. The fourth-order valence-electron chi connectivity index (χ4n) is 2.59. The van der Waals surface area contributed by atoms with Crippen molar-refractivity contribution in [2.45, 2.75) is 19.2 Å². The first-order valence-corrected chi connectivity index (χ1v) is 8.78. The standard InChI is InChI=1S/C17H18N2O2S/c1-13-16(15-9-5-6-10-17(15)19-13)11-18-22(20,21)12-14-7-3-2-4-8-14/h2-10,18-19H,11-12H2,1H3. The van der Waals surface area contributed by atoms with Crippen LogP contribution in [0.4, 0.5) is 0 Å². The van der Waals surface area contributed by atoms with Gasteiger partial charge >= 0.3 is 0 Å². The maximum atomic E-state index is 12.2. The number of rotatable bonds is 5. The van der Waals surface area contributed by atoms with Crippen molar-refractivity contribution in [3.63, 3.8) is 0 Å². The molecule has 0 radical (unpaired) electrons. The summed E-state index contributed by atoms with van der Waals surface area (Å²) in [5, 5.41) is 1.06. The Balaban J connectivity index is 1.77. The molecule has 3 aromatic rings. The van der Waals surface area contributed by atoms with Gasteiger partial charge < -0.3 is 4.98 Å². The average Bonchev–Trinajstić information content (AvgIpc) is 2.81. The van der Waals surface area contributed by atoms with Crippen molar-refractivity contribution in [3.05, 3.63) is 71.4 Å². The number of benzene rings is 2. The monoisotopic (exact) mass is 314 g/mol. The SMILES string of the molecule is Cc1[nH]c2ccccc2c1CNS(=O)(=O)Cc1ccccc1. The van der Waals surface area contributed by atoms with Gasteiger partial charge in [-0.25, -0.2) is 13.1 Å². The van der Waals surface area contributed by atoms with Crippen LogP contribution < -0.4 is 4.72 Å². The van der Waals surface area contributed by atoms with Gasteiger partial charge in [-0.3, -0.25) is 0 Å². The molecule has 0 bridgehead atoms. The first-order valence-electron chi connectivity index (χ1n) is 7.12. The van der Waals surface area contributed by atoms with Gasteiger partial charge in [-0.15, -0.1) is 0 Å². The number of sulfonamides is 1. The van der Waals surface area contributed by atoms with Crippen LogP contribution in [-0.2, 0) is 22.3 Å². The lowest BCUT2D eigenvalue weighted by molar-refractivity contribution is 0.580. The molecule has 0 atom stereocenters. The van der Waals surface area contributed by atoms with Crippen LogP contribution in [0.2, 0.25) is 0 Å². The highest BCUT2D eigenvalue weighted by atomic mass is 32.2. The summed E-state index contributed by atoms with van der Waals surface area (Å²) in [6, 6.07) is 17.1. The largest absolute Gasteiger partial charge is 0.358 e. The van der Waals surface area contributed by atoms with Crippen molar-refractivity contribution in [3.8, 4) is 0 Å². The fourth-order valence-corrected chi connectivity index (χ4v) is 3.69. The van der Waals surface area contributed by atoms with E-state index in [1.807, 2.05) is 61.5 Å². The lowest BCUT2D eigenvalue weighted by Gasteiger charge is -2.07. The molecule has 114 valence electrons. The number of H-pyrrole nitrogens is 1. The Morgan fingerprint density at radius 2 is 1.68 bits per heavy atom. The summed E-state index contributed by atoms with van der Waals surface area (Å²) in [6.07, 6.45) is 0. The van der Waals surface area contributed by atoms with Crippen LogP contribution in [0, 0.1) is 6.92 Å². The second kappa shape index (κ2) is 5.94. The minimum absolute atomic E-state index is 0.00472. The van der Waals surface area contributed by atoms with Gasteiger partial charge in [-0.1, -0.05) is 48.5 Å². The fraction of sp³-hybridized carbons (Fsp3) is 0.176. The van der Waals surface area contributed by atoms with Crippen LogP contribution in [0.25, 0.3) is 10.9 Å². The van der Waals surface area contributed by atoms with Crippen LogP contribution in [0.5, 0.6) is 0 Å². The Hall–Kier alpha value is -2.11. The quantitative estimate of drug-likeness (QED) is 0.760. The molecule has 1 heterocycles. The summed E-state index contributed by atoms with van der Waals surface area (Å²) in [4.78, 5) is 3.28. The average molecular weight is 314 g/mol. The van der Waals surface area contributed by atoms with Gasteiger partial charge in [0.25, 0.3) is 0 Å². The van der Waals surface area contributed by atoms with Gasteiger partial charge in [0.05, 0.1) is 5.75 Å². The van der Waals surface area contributed by atoms with Crippen LogP contribution in [0.15, 0.2) is 54.6 Å². The van der Waals surface area contributed by atoms with Crippen LogP contribution >= 0.6 is 0 Å². The second-order valence-corrected chi connectivity index (χ2v) is 7.15. The Labute approximate surface area is 130 Å². The predicted molar refractivity (Wildman–Crippen MR) is 88.9 cm³/mol. The lowest BCUT2D eigenvalue weighted by Crippen LogP contribution is -2.24. The third kappa shape index (κ3) is 3.21. The van der Waals surface area contributed by atoms with Crippen molar-refractivity contribution in [2.24, 2.45) is 0 Å². The molecule has 0 aliphatic carbocycles. The first kappa shape index (κ1) is 14.8.